The number of hydrogen-bond donors (Lipinski definition) is 2. The van der Waals surface area contributed by atoms with Gasteiger partial charge in [0.05, 0.1) is 0 Å². The van der Waals surface area contributed by atoms with Crippen LogP contribution < -0.4 is 11.1 Å². The van der Waals surface area contributed by atoms with Crippen LogP contribution in [0.25, 0.3) is 0 Å². The molecule has 1 saturated carbocycles. The van der Waals surface area contributed by atoms with E-state index in [0.29, 0.717) is 19.0 Å². The minimum Gasteiger partial charge on any atom is -0.343 e. The standard InChI is InChI=1S/C11H23N3O/c1-3-14(4-2)11(15)7-10(8-12)13-9-5-6-9/h9-10,13H,3-8,12H2,1-2H3. The Morgan fingerprint density at radius 3 is 2.47 bits per heavy atom. The number of nitrogens with one attached hydrogen (secondary N) is 1. The topological polar surface area (TPSA) is 58.4 Å². The quantitative estimate of drug-likeness (QED) is 0.640. The molecule has 0 radical (unpaired) electrons. The van der Waals surface area contributed by atoms with E-state index in [1.165, 1.54) is 12.8 Å². The maximum absolute atomic E-state index is 11.8. The largest absolute Gasteiger partial charge is 0.343 e. The number of rotatable bonds is 7. The SMILES string of the molecule is CCN(CC)C(=O)CC(CN)NC1CC1. The Morgan fingerprint density at radius 1 is 1.47 bits per heavy atom. The molecule has 0 heterocycles. The van der Waals surface area contributed by atoms with Crippen LogP contribution in [-0.4, -0.2) is 42.5 Å². The molecule has 1 fully saturated rings. The first kappa shape index (κ1) is 12.5. The summed E-state index contributed by atoms with van der Waals surface area (Å²) in [6.07, 6.45) is 3.00. The van der Waals surface area contributed by atoms with Gasteiger partial charge in [-0.25, -0.2) is 0 Å². The van der Waals surface area contributed by atoms with Gasteiger partial charge in [0, 0.05) is 38.1 Å². The van der Waals surface area contributed by atoms with E-state index in [1.54, 1.807) is 0 Å². The predicted octanol–water partition coefficient (Wildman–Crippen LogP) is 0.324. The Labute approximate surface area is 92.2 Å². The second-order valence-corrected chi connectivity index (χ2v) is 4.14. The number of carbonyl (C=O) groups is 1. The van der Waals surface area contributed by atoms with Crippen molar-refractivity contribution in [1.29, 1.82) is 0 Å². The fraction of sp³-hybridized carbons (Fsp3) is 0.909. The molecule has 1 amide bonds. The lowest BCUT2D eigenvalue weighted by atomic mass is 10.2. The first-order valence-electron chi connectivity index (χ1n) is 5.95. The monoisotopic (exact) mass is 213 g/mol. The molecule has 3 N–H and O–H groups in total. The molecule has 4 heteroatoms. The molecule has 4 nitrogen and oxygen atoms in total. The highest BCUT2D eigenvalue weighted by Crippen LogP contribution is 2.19. The number of nitrogens with two attached hydrogens (primary N) is 1. The second-order valence-electron chi connectivity index (χ2n) is 4.14. The highest BCUT2D eigenvalue weighted by Gasteiger charge is 2.25. The Bertz CT molecular complexity index is 200. The Kier molecular flexibility index (Phi) is 5.05. The highest BCUT2D eigenvalue weighted by atomic mass is 16.2. The molecular weight excluding hydrogens is 190 g/mol. The summed E-state index contributed by atoms with van der Waals surface area (Å²) in [5, 5.41) is 3.40. The highest BCUT2D eigenvalue weighted by molar-refractivity contribution is 5.76. The summed E-state index contributed by atoms with van der Waals surface area (Å²) in [6, 6.07) is 0.772. The number of hydrogen-bond acceptors (Lipinski definition) is 3. The molecule has 1 aliphatic carbocycles. The molecule has 0 spiro atoms. The van der Waals surface area contributed by atoms with Gasteiger partial charge in [0.25, 0.3) is 0 Å². The van der Waals surface area contributed by atoms with Gasteiger partial charge >= 0.3 is 0 Å². The molecule has 0 aromatic carbocycles. The van der Waals surface area contributed by atoms with Crippen LogP contribution in [0.3, 0.4) is 0 Å². The summed E-state index contributed by atoms with van der Waals surface area (Å²) in [5.74, 6) is 0.212. The lowest BCUT2D eigenvalue weighted by Gasteiger charge is -2.22. The van der Waals surface area contributed by atoms with Crippen LogP contribution in [0.1, 0.15) is 33.1 Å². The van der Waals surface area contributed by atoms with Crippen molar-refractivity contribution in [2.45, 2.75) is 45.2 Å². The van der Waals surface area contributed by atoms with Gasteiger partial charge in [-0.3, -0.25) is 4.79 Å². The molecule has 0 bridgehead atoms. The molecule has 88 valence electrons. The summed E-state index contributed by atoms with van der Waals surface area (Å²) in [6.45, 7) is 6.13. The third kappa shape index (κ3) is 4.18. The van der Waals surface area contributed by atoms with Crippen LogP contribution in [-0.2, 0) is 4.79 Å². The molecular formula is C11H23N3O. The Balaban J connectivity index is 2.31. The molecule has 0 aromatic rings. The van der Waals surface area contributed by atoms with Crippen molar-refractivity contribution in [3.05, 3.63) is 0 Å². The molecule has 0 saturated heterocycles. The van der Waals surface area contributed by atoms with E-state index in [-0.39, 0.29) is 11.9 Å². The van der Waals surface area contributed by atoms with Gasteiger partial charge in [-0.05, 0) is 26.7 Å². The number of carbonyl (C=O) groups excluding carboxylic acids is 1. The molecule has 1 atom stereocenters. The molecule has 0 aromatic heterocycles. The van der Waals surface area contributed by atoms with E-state index >= 15 is 0 Å². The zero-order chi connectivity index (χ0) is 11.3. The zero-order valence-corrected chi connectivity index (χ0v) is 9.83. The lowest BCUT2D eigenvalue weighted by Crippen LogP contribution is -2.42. The average Bonchev–Trinajstić information content (AvgIpc) is 3.02. The molecule has 0 aliphatic heterocycles. The van der Waals surface area contributed by atoms with Crippen molar-refractivity contribution in [3.8, 4) is 0 Å². The fourth-order valence-corrected chi connectivity index (χ4v) is 1.71. The van der Waals surface area contributed by atoms with Crippen LogP contribution in [0.4, 0.5) is 0 Å². The minimum absolute atomic E-state index is 0.158. The van der Waals surface area contributed by atoms with Crippen molar-refractivity contribution in [3.63, 3.8) is 0 Å². The molecule has 15 heavy (non-hydrogen) atoms. The maximum atomic E-state index is 11.8. The first-order chi connectivity index (χ1) is 7.21. The van der Waals surface area contributed by atoms with Gasteiger partial charge in [0.1, 0.15) is 0 Å². The smallest absolute Gasteiger partial charge is 0.224 e. The number of amides is 1. The predicted molar refractivity (Wildman–Crippen MR) is 61.5 cm³/mol. The average molecular weight is 213 g/mol. The van der Waals surface area contributed by atoms with Crippen LogP contribution >= 0.6 is 0 Å². The fourth-order valence-electron chi connectivity index (χ4n) is 1.71. The van der Waals surface area contributed by atoms with E-state index in [0.717, 1.165) is 13.1 Å². The van der Waals surface area contributed by atoms with Crippen molar-refractivity contribution in [2.75, 3.05) is 19.6 Å². The normalized spacial score (nSPS) is 17.5. The van der Waals surface area contributed by atoms with E-state index in [4.69, 9.17) is 5.73 Å². The van der Waals surface area contributed by atoms with Gasteiger partial charge in [0.15, 0.2) is 0 Å². The van der Waals surface area contributed by atoms with E-state index < -0.39 is 0 Å². The zero-order valence-electron chi connectivity index (χ0n) is 9.83. The van der Waals surface area contributed by atoms with E-state index in [1.807, 2.05) is 18.7 Å². The van der Waals surface area contributed by atoms with Crippen molar-refractivity contribution in [2.24, 2.45) is 5.73 Å². The second kappa shape index (κ2) is 6.08. The molecule has 1 unspecified atom stereocenters. The van der Waals surface area contributed by atoms with Crippen molar-refractivity contribution in [1.82, 2.24) is 10.2 Å². The third-order valence-corrected chi connectivity index (χ3v) is 2.87. The van der Waals surface area contributed by atoms with Crippen molar-refractivity contribution >= 4 is 5.91 Å². The van der Waals surface area contributed by atoms with Crippen LogP contribution in [0, 0.1) is 0 Å². The third-order valence-electron chi connectivity index (χ3n) is 2.87. The van der Waals surface area contributed by atoms with Gasteiger partial charge in [-0.15, -0.1) is 0 Å². The molecule has 1 rings (SSSR count). The summed E-state index contributed by atoms with van der Waals surface area (Å²) in [4.78, 5) is 13.7. The van der Waals surface area contributed by atoms with Crippen LogP contribution in [0.5, 0.6) is 0 Å². The number of nitrogens with zero attached hydrogens (tertiary/aromatic N) is 1. The van der Waals surface area contributed by atoms with Crippen molar-refractivity contribution < 1.29 is 4.79 Å². The van der Waals surface area contributed by atoms with Crippen LogP contribution in [0.2, 0.25) is 0 Å². The van der Waals surface area contributed by atoms with E-state index in [2.05, 4.69) is 5.32 Å². The van der Waals surface area contributed by atoms with Crippen LogP contribution in [0.15, 0.2) is 0 Å². The van der Waals surface area contributed by atoms with Gasteiger partial charge < -0.3 is 16.0 Å². The first-order valence-corrected chi connectivity index (χ1v) is 5.95. The van der Waals surface area contributed by atoms with E-state index in [9.17, 15) is 4.79 Å². The summed E-state index contributed by atoms with van der Waals surface area (Å²) >= 11 is 0. The van der Waals surface area contributed by atoms with Gasteiger partial charge in [-0.2, -0.15) is 0 Å². The summed E-state index contributed by atoms with van der Waals surface area (Å²) in [5.41, 5.74) is 5.65. The van der Waals surface area contributed by atoms with Gasteiger partial charge in [0.2, 0.25) is 5.91 Å². The summed E-state index contributed by atoms with van der Waals surface area (Å²) in [7, 11) is 0. The molecule has 1 aliphatic rings. The van der Waals surface area contributed by atoms with Gasteiger partial charge in [-0.1, -0.05) is 0 Å². The minimum atomic E-state index is 0.158. The Morgan fingerprint density at radius 2 is 2.07 bits per heavy atom. The lowest BCUT2D eigenvalue weighted by molar-refractivity contribution is -0.131. The summed E-state index contributed by atoms with van der Waals surface area (Å²) < 4.78 is 0. The maximum Gasteiger partial charge on any atom is 0.224 e. The Hall–Kier alpha value is -0.610.